The molecule has 2 rings (SSSR count). The highest BCUT2D eigenvalue weighted by molar-refractivity contribution is 5.86. The molecule has 1 heterocycles. The molecule has 0 aromatic heterocycles. The summed E-state index contributed by atoms with van der Waals surface area (Å²) >= 11 is 0. The minimum absolute atomic E-state index is 0. The molecule has 1 saturated heterocycles. The van der Waals surface area contributed by atoms with Crippen LogP contribution in [0.3, 0.4) is 0 Å². The molecule has 0 aliphatic carbocycles. The molecule has 1 fully saturated rings. The lowest BCUT2D eigenvalue weighted by atomic mass is 9.90. The summed E-state index contributed by atoms with van der Waals surface area (Å²) in [6, 6.07) is 7.72. The molecule has 0 spiro atoms. The number of carbonyl (C=O) groups excluding carboxylic acids is 1. The van der Waals surface area contributed by atoms with E-state index in [0.717, 1.165) is 11.3 Å². The molecule has 0 atom stereocenters. The van der Waals surface area contributed by atoms with Gasteiger partial charge >= 0.3 is 0 Å². The number of rotatable bonds is 5. The maximum Gasteiger partial charge on any atom is 0.240 e. The SMILES string of the molecule is CC(C)Oc1ccc(CNC(=O)C2(N)CCOCC2)cc1.Cl. The third-order valence-electron chi connectivity index (χ3n) is 3.59. The Balaban J connectivity index is 0.00000242. The zero-order valence-corrected chi connectivity index (χ0v) is 13.9. The number of amides is 1. The summed E-state index contributed by atoms with van der Waals surface area (Å²) in [5.41, 5.74) is 6.36. The lowest BCUT2D eigenvalue weighted by Crippen LogP contribution is -2.56. The van der Waals surface area contributed by atoms with Crippen molar-refractivity contribution in [2.45, 2.75) is 44.9 Å². The predicted molar refractivity (Wildman–Crippen MR) is 88.3 cm³/mol. The monoisotopic (exact) mass is 328 g/mol. The number of ether oxygens (including phenoxy) is 2. The number of nitrogens with one attached hydrogen (secondary N) is 1. The molecule has 22 heavy (non-hydrogen) atoms. The van der Waals surface area contributed by atoms with Gasteiger partial charge in [0.25, 0.3) is 0 Å². The van der Waals surface area contributed by atoms with Crippen molar-refractivity contribution in [2.75, 3.05) is 13.2 Å². The number of carbonyl (C=O) groups is 1. The van der Waals surface area contributed by atoms with Crippen LogP contribution >= 0.6 is 12.4 Å². The van der Waals surface area contributed by atoms with Gasteiger partial charge in [0.05, 0.1) is 11.6 Å². The highest BCUT2D eigenvalue weighted by Crippen LogP contribution is 2.18. The summed E-state index contributed by atoms with van der Waals surface area (Å²) in [5, 5.41) is 2.91. The molecular formula is C16H25ClN2O3. The summed E-state index contributed by atoms with van der Waals surface area (Å²) in [4.78, 5) is 12.2. The zero-order valence-electron chi connectivity index (χ0n) is 13.1. The number of benzene rings is 1. The fourth-order valence-electron chi connectivity index (χ4n) is 2.28. The largest absolute Gasteiger partial charge is 0.491 e. The Kier molecular flexibility index (Phi) is 7.13. The summed E-state index contributed by atoms with van der Waals surface area (Å²) in [6.45, 7) is 5.54. The lowest BCUT2D eigenvalue weighted by molar-refractivity contribution is -0.129. The average molecular weight is 329 g/mol. The fraction of sp³-hybridized carbons (Fsp3) is 0.562. The van der Waals surface area contributed by atoms with Crippen molar-refractivity contribution in [3.8, 4) is 5.75 Å². The van der Waals surface area contributed by atoms with Gasteiger partial charge in [-0.2, -0.15) is 0 Å². The first-order chi connectivity index (χ1) is 9.99. The highest BCUT2D eigenvalue weighted by Gasteiger charge is 2.35. The molecule has 0 bridgehead atoms. The third-order valence-corrected chi connectivity index (χ3v) is 3.59. The summed E-state index contributed by atoms with van der Waals surface area (Å²) in [6.07, 6.45) is 1.29. The van der Waals surface area contributed by atoms with Crippen LogP contribution in [0.5, 0.6) is 5.75 Å². The summed E-state index contributed by atoms with van der Waals surface area (Å²) < 4.78 is 10.8. The molecule has 1 aromatic carbocycles. The Bertz CT molecular complexity index is 471. The first-order valence-corrected chi connectivity index (χ1v) is 7.40. The standard InChI is InChI=1S/C16H24N2O3.ClH/c1-12(2)21-14-5-3-13(4-6-14)11-18-15(19)16(17)7-9-20-10-8-16;/h3-6,12H,7-11,17H2,1-2H3,(H,18,19);1H. The predicted octanol–water partition coefficient (Wildman–Crippen LogP) is 2.02. The van der Waals surface area contributed by atoms with E-state index in [1.54, 1.807) is 0 Å². The van der Waals surface area contributed by atoms with Crippen molar-refractivity contribution in [1.82, 2.24) is 5.32 Å². The van der Waals surface area contributed by atoms with E-state index in [2.05, 4.69) is 5.32 Å². The molecule has 1 aromatic rings. The molecular weight excluding hydrogens is 304 g/mol. The molecule has 1 aliphatic rings. The van der Waals surface area contributed by atoms with Crippen molar-refractivity contribution in [1.29, 1.82) is 0 Å². The van der Waals surface area contributed by atoms with Crippen molar-refractivity contribution in [2.24, 2.45) is 5.73 Å². The van der Waals surface area contributed by atoms with E-state index in [1.165, 1.54) is 0 Å². The van der Waals surface area contributed by atoms with Gasteiger partial charge in [0, 0.05) is 19.8 Å². The minimum Gasteiger partial charge on any atom is -0.491 e. The molecule has 0 unspecified atom stereocenters. The molecule has 124 valence electrons. The van der Waals surface area contributed by atoms with Gasteiger partial charge in [-0.25, -0.2) is 0 Å². The van der Waals surface area contributed by atoms with Gasteiger partial charge in [-0.05, 0) is 44.4 Å². The molecule has 3 N–H and O–H groups in total. The first-order valence-electron chi connectivity index (χ1n) is 7.40. The van der Waals surface area contributed by atoms with E-state index < -0.39 is 5.54 Å². The summed E-state index contributed by atoms with van der Waals surface area (Å²) in [7, 11) is 0. The van der Waals surface area contributed by atoms with Gasteiger partial charge in [0.2, 0.25) is 5.91 Å². The van der Waals surface area contributed by atoms with Crippen LogP contribution in [0.15, 0.2) is 24.3 Å². The van der Waals surface area contributed by atoms with Gasteiger partial charge in [0.1, 0.15) is 5.75 Å². The van der Waals surface area contributed by atoms with E-state index in [0.29, 0.717) is 32.6 Å². The molecule has 6 heteroatoms. The van der Waals surface area contributed by atoms with Gasteiger partial charge in [0.15, 0.2) is 0 Å². The van der Waals surface area contributed by atoms with Crippen LogP contribution in [0.2, 0.25) is 0 Å². The van der Waals surface area contributed by atoms with Gasteiger partial charge < -0.3 is 20.5 Å². The maximum atomic E-state index is 12.2. The minimum atomic E-state index is -0.793. The Morgan fingerprint density at radius 2 is 1.91 bits per heavy atom. The summed E-state index contributed by atoms with van der Waals surface area (Å²) in [5.74, 6) is 0.730. The van der Waals surface area contributed by atoms with Gasteiger partial charge in [-0.1, -0.05) is 12.1 Å². The van der Waals surface area contributed by atoms with Crippen molar-refractivity contribution < 1.29 is 14.3 Å². The van der Waals surface area contributed by atoms with Crippen LogP contribution in [0.1, 0.15) is 32.3 Å². The van der Waals surface area contributed by atoms with E-state index in [4.69, 9.17) is 15.2 Å². The normalized spacial score (nSPS) is 16.7. The van der Waals surface area contributed by atoms with Gasteiger partial charge in [-0.15, -0.1) is 12.4 Å². The second-order valence-corrected chi connectivity index (χ2v) is 5.76. The van der Waals surface area contributed by atoms with Crippen LogP contribution in [-0.2, 0) is 16.1 Å². The molecule has 0 saturated carbocycles. The number of hydrogen-bond acceptors (Lipinski definition) is 4. The first kappa shape index (κ1) is 18.7. The van der Waals surface area contributed by atoms with E-state index in [-0.39, 0.29) is 24.4 Å². The van der Waals surface area contributed by atoms with Crippen LogP contribution in [0, 0.1) is 0 Å². The van der Waals surface area contributed by atoms with Crippen LogP contribution in [0.4, 0.5) is 0 Å². The van der Waals surface area contributed by atoms with E-state index in [1.807, 2.05) is 38.1 Å². The second-order valence-electron chi connectivity index (χ2n) is 5.76. The Hall–Kier alpha value is -1.30. The second kappa shape index (κ2) is 8.36. The molecule has 0 radical (unpaired) electrons. The van der Waals surface area contributed by atoms with E-state index in [9.17, 15) is 4.79 Å². The van der Waals surface area contributed by atoms with Crippen molar-refractivity contribution in [3.63, 3.8) is 0 Å². The molecule has 1 amide bonds. The number of halogens is 1. The number of hydrogen-bond donors (Lipinski definition) is 2. The smallest absolute Gasteiger partial charge is 0.240 e. The van der Waals surface area contributed by atoms with Crippen molar-refractivity contribution in [3.05, 3.63) is 29.8 Å². The number of nitrogens with two attached hydrogens (primary N) is 1. The quantitative estimate of drug-likeness (QED) is 0.867. The zero-order chi connectivity index (χ0) is 15.3. The maximum absolute atomic E-state index is 12.2. The van der Waals surface area contributed by atoms with Crippen molar-refractivity contribution >= 4 is 18.3 Å². The van der Waals surface area contributed by atoms with Crippen LogP contribution in [-0.4, -0.2) is 30.8 Å². The third kappa shape index (κ3) is 5.16. The van der Waals surface area contributed by atoms with Crippen LogP contribution in [0.25, 0.3) is 0 Å². The van der Waals surface area contributed by atoms with E-state index >= 15 is 0 Å². The van der Waals surface area contributed by atoms with Crippen LogP contribution < -0.4 is 15.8 Å². The van der Waals surface area contributed by atoms with Gasteiger partial charge in [-0.3, -0.25) is 4.79 Å². The molecule has 1 aliphatic heterocycles. The molecule has 5 nitrogen and oxygen atoms in total. The Labute approximate surface area is 138 Å². The highest BCUT2D eigenvalue weighted by atomic mass is 35.5. The Morgan fingerprint density at radius 1 is 1.32 bits per heavy atom. The average Bonchev–Trinajstić information content (AvgIpc) is 2.46. The topological polar surface area (TPSA) is 73.6 Å². The fourth-order valence-corrected chi connectivity index (χ4v) is 2.28. The Morgan fingerprint density at radius 3 is 2.45 bits per heavy atom. The lowest BCUT2D eigenvalue weighted by Gasteiger charge is -2.31.